The van der Waals surface area contributed by atoms with Crippen LogP contribution in [0.3, 0.4) is 0 Å². The molecule has 0 saturated heterocycles. The first-order valence-electron chi connectivity index (χ1n) is 44.7. The zero-order valence-corrected chi connectivity index (χ0v) is 107. The predicted octanol–water partition coefficient (Wildman–Crippen LogP) is 45.3. The summed E-state index contributed by atoms with van der Waals surface area (Å²) in [6.07, 6.45) is 27.7. The summed E-state index contributed by atoms with van der Waals surface area (Å²) < 4.78 is 0. The molecule has 8 unspecified atom stereocenters. The van der Waals surface area contributed by atoms with E-state index in [9.17, 15) is 0 Å². The van der Waals surface area contributed by atoms with Crippen LogP contribution >= 0.6 is 55.8 Å². The minimum atomic E-state index is -0.556. The van der Waals surface area contributed by atoms with Crippen molar-refractivity contribution in [2.24, 2.45) is 29.6 Å². The Kier molecular flexibility index (Phi) is 81.4. The zero-order chi connectivity index (χ0) is 92.7. The van der Waals surface area contributed by atoms with Gasteiger partial charge in [0.1, 0.15) is 0 Å². The van der Waals surface area contributed by atoms with Crippen molar-refractivity contribution in [1.29, 1.82) is 0 Å². The van der Waals surface area contributed by atoms with Gasteiger partial charge in [-0.05, 0) is 334 Å². The van der Waals surface area contributed by atoms with Crippen molar-refractivity contribution in [2.45, 2.75) is 218 Å². The average Bonchev–Trinajstić information content (AvgIpc) is 1.60. The summed E-state index contributed by atoms with van der Waals surface area (Å²) in [4.78, 5) is 0. The van der Waals surface area contributed by atoms with Gasteiger partial charge in [-0.15, -0.1) is 0 Å². The second-order valence-electron chi connectivity index (χ2n) is 35.5. The van der Waals surface area contributed by atoms with E-state index in [1.807, 2.05) is 0 Å². The van der Waals surface area contributed by atoms with Crippen LogP contribution < -0.4 is 0 Å². The molecule has 10 aliphatic carbocycles. The van der Waals surface area contributed by atoms with E-state index in [0.717, 1.165) is 12.8 Å². The van der Waals surface area contributed by atoms with E-state index in [1.165, 1.54) is 215 Å². The Morgan fingerprint density at radius 3 is 0.627 bits per heavy atom. The Morgan fingerprint density at radius 1 is 0.211 bits per heavy atom. The summed E-state index contributed by atoms with van der Waals surface area (Å²) in [7, 11) is 29.3. The van der Waals surface area contributed by atoms with Crippen LogP contribution in [0.1, 0.15) is 260 Å². The van der Waals surface area contributed by atoms with Crippen LogP contribution in [0.25, 0.3) is 82.2 Å². The van der Waals surface area contributed by atoms with Crippen molar-refractivity contribution in [3.05, 3.63) is 486 Å². The summed E-state index contributed by atoms with van der Waals surface area (Å²) in [6.45, 7) is 59.8. The summed E-state index contributed by atoms with van der Waals surface area (Å²) >= 11 is -1.67. The van der Waals surface area contributed by atoms with Crippen molar-refractivity contribution in [2.75, 3.05) is 0 Å². The molecule has 0 aromatic heterocycles. The van der Waals surface area contributed by atoms with Crippen LogP contribution in [0.15, 0.2) is 326 Å². The molecule has 0 nitrogen and oxygen atoms in total. The van der Waals surface area contributed by atoms with Gasteiger partial charge in [-0.3, -0.25) is 0 Å². The molecular formula is C131H176Cl6Ti5-6. The van der Waals surface area contributed by atoms with Gasteiger partial charge in [0.15, 0.2) is 0 Å². The van der Waals surface area contributed by atoms with Gasteiger partial charge in [-0.2, -0.15) is 0 Å². The number of benzene rings is 10. The van der Waals surface area contributed by atoms with E-state index < -0.39 is 51.1 Å². The van der Waals surface area contributed by atoms with E-state index in [-0.39, 0.29) is 147 Å². The monoisotopic (exact) mass is 2200 g/mol. The Balaban J connectivity index is -0.000000195. The van der Waals surface area contributed by atoms with Gasteiger partial charge in [0.05, 0.1) is 0 Å². The van der Waals surface area contributed by atoms with E-state index in [2.05, 4.69) is 436 Å². The minimum Gasteiger partial charge on any atom is 4.00 e. The molecule has 0 amide bonds. The summed E-state index contributed by atoms with van der Waals surface area (Å²) in [5.74, 6) is 5.11. The fraction of sp³-hybridized carbons (Fsp3) is 0.282. The largest absolute Gasteiger partial charge is 4.00 e. The van der Waals surface area contributed by atoms with Gasteiger partial charge in [-0.1, -0.05) is 360 Å². The molecule has 8 atom stereocenters. The Bertz CT molecular complexity index is 5630. The SMILES string of the molecule is CC1=CC(C)C(C)=C1C.CC1=CC(C)C(C)=C1C.CC1=CC(C)C(C)=C1C.CC1=CC(C)C(C)=C1C.CC1=CC(C)C(C)=C1C.CC1=CC(C)c2c1ccc1ccccc21.CC1=CC(C)c2c1ccc1ccccc21.CC1=CCc2c1ccc1ccccc21.CC1=CCc2c1ccc1ccccc21.CC1C=Cc2ccc3ccccc3c21.[CH3-].[CH3-].[CH3-].[CH3-].[CH3-].[CH3-].[CH3-].[CH3-].[CH3-].[CH3-].[CH3-].[CH3-].[CH3-].[CH3-].[Cl][Ti][Cl].[Cl][Ti][Cl].[Cl][Ti][Cl].[Ti+4].[Ti+4]. The minimum absolute atomic E-state index is 0. The molecule has 0 N–H and O–H groups in total. The molecular weight excluding hydrogens is 2030 g/mol. The second-order valence-corrected chi connectivity index (χ2v) is 43.2. The average molecular weight is 2200 g/mol. The molecule has 0 aliphatic heterocycles. The Morgan fingerprint density at radius 2 is 0.408 bits per heavy atom. The number of hydrogen-bond donors (Lipinski definition) is 0. The van der Waals surface area contributed by atoms with Gasteiger partial charge in [-0.25, -0.2) is 0 Å². The summed E-state index contributed by atoms with van der Waals surface area (Å²) in [5, 5.41) is 13.8. The maximum atomic E-state index is 4.89. The molecule has 10 aromatic rings. The first-order chi connectivity index (χ1) is 60.0. The standard InChI is InChI=1S/2C15H14.3C14H12.5C9H14.14CH3.6ClH.5Ti/c2*1-10-9-11(2)15-13(10)8-7-12-5-3-4-6-14(12)15;2*1-10-6-8-14-12(10)9-7-11-4-2-3-5-13(11)14;1-10-6-7-12-9-8-11-4-2-3-5-13(11)14(10)12;5*1-6-5-7(2)9(4)8(6)3;;;;;;;;;;;;;;;;;;;;;;;;;/h2*3-9,11H,1-2H3;2*2-7,9H,8H2,1H3;2-10H,1H3;5*5-6H,1-4H3;14*1H3;6*1H;;;;;/q;;;;;;;;;;14*-1;;;;;;;3*+2;2*+4/p-6. The third-order valence-corrected chi connectivity index (χ3v) is 27.7. The Labute approximate surface area is 955 Å². The van der Waals surface area contributed by atoms with E-state index in [0.29, 0.717) is 47.3 Å². The van der Waals surface area contributed by atoms with E-state index >= 15 is 0 Å². The molecule has 10 aromatic carbocycles. The van der Waals surface area contributed by atoms with Gasteiger partial charge in [0, 0.05) is 17.8 Å². The first kappa shape index (κ1) is 155. The maximum absolute atomic E-state index is 4.89. The van der Waals surface area contributed by atoms with Crippen LogP contribution in [-0.4, -0.2) is 0 Å². The molecule has 0 fully saturated rings. The molecule has 20 rings (SSSR count). The van der Waals surface area contributed by atoms with Crippen LogP contribution in [0.2, 0.25) is 0 Å². The third-order valence-electron chi connectivity index (χ3n) is 27.7. The number of hydrogen-bond acceptors (Lipinski definition) is 0. The molecule has 0 bridgehead atoms. The van der Waals surface area contributed by atoms with Crippen molar-refractivity contribution < 1.29 is 94.5 Å². The molecule has 11 heteroatoms. The summed E-state index contributed by atoms with van der Waals surface area (Å²) in [5.41, 5.74) is 42.7. The first-order valence-corrected chi connectivity index (χ1v) is 57.6. The number of rotatable bonds is 0. The molecule has 0 heterocycles. The van der Waals surface area contributed by atoms with Crippen molar-refractivity contribution >= 4 is 138 Å². The smallest absolute Gasteiger partial charge is 4.00 e. The quantitative estimate of drug-likeness (QED) is 0.105. The molecule has 142 heavy (non-hydrogen) atoms. The number of fused-ring (bicyclic) bond motifs is 15. The molecule has 10 aliphatic rings. The maximum Gasteiger partial charge on any atom is 4.00 e. The van der Waals surface area contributed by atoms with E-state index in [4.69, 9.17) is 55.8 Å². The van der Waals surface area contributed by atoms with Crippen molar-refractivity contribution in [3.63, 3.8) is 0 Å². The molecule has 0 spiro atoms. The van der Waals surface area contributed by atoms with Crippen LogP contribution in [0.5, 0.6) is 0 Å². The zero-order valence-electron chi connectivity index (χ0n) is 95.0. The van der Waals surface area contributed by atoms with Gasteiger partial charge < -0.3 is 104 Å². The normalized spacial score (nSPS) is 17.6. The molecule has 0 saturated carbocycles. The number of allylic oxidation sites excluding steroid dienone is 29. The van der Waals surface area contributed by atoms with Gasteiger partial charge in [0.25, 0.3) is 0 Å². The molecule has 768 valence electrons. The molecule has 0 radical (unpaired) electrons. The van der Waals surface area contributed by atoms with Gasteiger partial charge in [0.2, 0.25) is 0 Å². The predicted molar refractivity (Wildman–Crippen MR) is 647 cm³/mol. The van der Waals surface area contributed by atoms with Crippen molar-refractivity contribution in [3.8, 4) is 0 Å². The topological polar surface area (TPSA) is 0 Å². The number of halogens is 6. The van der Waals surface area contributed by atoms with Crippen LogP contribution in [0, 0.1) is 134 Å². The van der Waals surface area contributed by atoms with Crippen LogP contribution in [0.4, 0.5) is 0 Å². The van der Waals surface area contributed by atoms with Crippen LogP contribution in [-0.2, 0) is 107 Å². The fourth-order valence-corrected chi connectivity index (χ4v) is 18.6. The third kappa shape index (κ3) is 40.0. The van der Waals surface area contributed by atoms with Crippen molar-refractivity contribution in [1.82, 2.24) is 0 Å². The Hall–Kier alpha value is -5.09. The van der Waals surface area contributed by atoms with E-state index in [1.54, 1.807) is 0 Å². The fourth-order valence-electron chi connectivity index (χ4n) is 18.6. The van der Waals surface area contributed by atoms with Gasteiger partial charge >= 0.3 is 150 Å². The second kappa shape index (κ2) is 74.8. The summed E-state index contributed by atoms with van der Waals surface area (Å²) in [6, 6.07) is 65.5.